The number of ether oxygens (including phenoxy) is 1. The van der Waals surface area contributed by atoms with Gasteiger partial charge in [0.25, 0.3) is 0 Å². The average molecular weight is 179 g/mol. The Kier molecular flexibility index (Phi) is 3.32. The lowest BCUT2D eigenvalue weighted by Crippen LogP contribution is -2.18. The summed E-state index contributed by atoms with van der Waals surface area (Å²) in [7, 11) is 1.70. The fourth-order valence-corrected chi connectivity index (χ4v) is 1.51. The van der Waals surface area contributed by atoms with E-state index in [0.717, 1.165) is 12.2 Å². The fraction of sp³-hybridized carbons (Fsp3) is 0.455. The van der Waals surface area contributed by atoms with Gasteiger partial charge in [0.15, 0.2) is 0 Å². The van der Waals surface area contributed by atoms with Crippen LogP contribution < -0.4 is 10.5 Å². The van der Waals surface area contributed by atoms with Crippen LogP contribution in [0.3, 0.4) is 0 Å². The van der Waals surface area contributed by atoms with Gasteiger partial charge in [-0.3, -0.25) is 0 Å². The second-order valence-corrected chi connectivity index (χ2v) is 3.45. The predicted molar refractivity (Wildman–Crippen MR) is 55.1 cm³/mol. The fourth-order valence-electron chi connectivity index (χ4n) is 1.51. The normalized spacial score (nSPS) is 12.6. The van der Waals surface area contributed by atoms with Crippen molar-refractivity contribution in [1.29, 1.82) is 0 Å². The van der Waals surface area contributed by atoms with Gasteiger partial charge in [0.05, 0.1) is 7.11 Å². The van der Waals surface area contributed by atoms with Crippen LogP contribution in [0.25, 0.3) is 0 Å². The highest BCUT2D eigenvalue weighted by Gasteiger charge is 2.06. The second-order valence-electron chi connectivity index (χ2n) is 3.45. The quantitative estimate of drug-likeness (QED) is 0.769. The molecule has 0 bridgehead atoms. The largest absolute Gasteiger partial charge is 0.496 e. The molecule has 0 fully saturated rings. The van der Waals surface area contributed by atoms with Crippen LogP contribution in [-0.2, 0) is 6.42 Å². The Labute approximate surface area is 79.7 Å². The zero-order valence-corrected chi connectivity index (χ0v) is 8.50. The highest BCUT2D eigenvalue weighted by Crippen LogP contribution is 2.23. The van der Waals surface area contributed by atoms with Gasteiger partial charge in [-0.05, 0) is 31.4 Å². The van der Waals surface area contributed by atoms with Crippen LogP contribution in [0.1, 0.15) is 18.1 Å². The van der Waals surface area contributed by atoms with Gasteiger partial charge >= 0.3 is 0 Å². The Morgan fingerprint density at radius 1 is 1.46 bits per heavy atom. The van der Waals surface area contributed by atoms with E-state index in [1.807, 2.05) is 26.0 Å². The van der Waals surface area contributed by atoms with E-state index < -0.39 is 0 Å². The number of methoxy groups -OCH3 is 1. The molecule has 1 rings (SSSR count). The number of rotatable bonds is 3. The SMILES string of the molecule is COc1c(C)cccc1C[C@H](C)N. The molecule has 0 unspecified atom stereocenters. The monoisotopic (exact) mass is 179 g/mol. The van der Waals surface area contributed by atoms with E-state index in [1.165, 1.54) is 11.1 Å². The van der Waals surface area contributed by atoms with Gasteiger partial charge in [-0.15, -0.1) is 0 Å². The van der Waals surface area contributed by atoms with E-state index in [0.29, 0.717) is 0 Å². The molecular weight excluding hydrogens is 162 g/mol. The molecule has 1 atom stereocenters. The van der Waals surface area contributed by atoms with Crippen molar-refractivity contribution in [3.05, 3.63) is 29.3 Å². The predicted octanol–water partition coefficient (Wildman–Crippen LogP) is 1.89. The Bertz CT molecular complexity index is 281. The molecule has 0 aliphatic carbocycles. The van der Waals surface area contributed by atoms with Crippen molar-refractivity contribution in [2.75, 3.05) is 7.11 Å². The van der Waals surface area contributed by atoms with E-state index in [2.05, 4.69) is 6.07 Å². The molecular formula is C11H17NO. The van der Waals surface area contributed by atoms with Gasteiger partial charge in [0.2, 0.25) is 0 Å². The van der Waals surface area contributed by atoms with Crippen LogP contribution >= 0.6 is 0 Å². The summed E-state index contributed by atoms with van der Waals surface area (Å²) in [6.07, 6.45) is 0.866. The zero-order valence-electron chi connectivity index (χ0n) is 8.50. The minimum absolute atomic E-state index is 0.177. The maximum atomic E-state index is 5.74. The number of aryl methyl sites for hydroxylation is 1. The summed E-state index contributed by atoms with van der Waals surface area (Å²) in [6, 6.07) is 6.32. The Hall–Kier alpha value is -1.02. The van der Waals surface area contributed by atoms with Crippen LogP contribution in [0.5, 0.6) is 5.75 Å². The first-order chi connectivity index (χ1) is 6.15. The maximum absolute atomic E-state index is 5.74. The molecule has 0 saturated carbocycles. The number of hydrogen-bond donors (Lipinski definition) is 1. The van der Waals surface area contributed by atoms with E-state index in [1.54, 1.807) is 7.11 Å². The van der Waals surface area contributed by atoms with Crippen LogP contribution in [0.2, 0.25) is 0 Å². The number of para-hydroxylation sites is 1. The molecule has 1 aromatic rings. The summed E-state index contributed by atoms with van der Waals surface area (Å²) in [5.41, 5.74) is 8.10. The van der Waals surface area contributed by atoms with Gasteiger partial charge < -0.3 is 10.5 Å². The van der Waals surface area contributed by atoms with Crippen molar-refractivity contribution >= 4 is 0 Å². The maximum Gasteiger partial charge on any atom is 0.125 e. The van der Waals surface area contributed by atoms with Crippen LogP contribution in [0, 0.1) is 6.92 Å². The molecule has 0 saturated heterocycles. The lowest BCUT2D eigenvalue weighted by Gasteiger charge is -2.12. The Balaban J connectivity index is 2.98. The van der Waals surface area contributed by atoms with Crippen LogP contribution in [0.4, 0.5) is 0 Å². The molecule has 0 radical (unpaired) electrons. The molecule has 2 nitrogen and oxygen atoms in total. The third-order valence-corrected chi connectivity index (χ3v) is 2.04. The molecule has 72 valence electrons. The molecule has 0 heterocycles. The van der Waals surface area contributed by atoms with Crippen molar-refractivity contribution in [1.82, 2.24) is 0 Å². The molecule has 0 aliphatic heterocycles. The van der Waals surface area contributed by atoms with Crippen molar-refractivity contribution < 1.29 is 4.74 Å². The van der Waals surface area contributed by atoms with E-state index in [-0.39, 0.29) is 6.04 Å². The van der Waals surface area contributed by atoms with Gasteiger partial charge in [0, 0.05) is 6.04 Å². The lowest BCUT2D eigenvalue weighted by molar-refractivity contribution is 0.405. The molecule has 2 N–H and O–H groups in total. The van der Waals surface area contributed by atoms with E-state index in [4.69, 9.17) is 10.5 Å². The molecule has 0 spiro atoms. The summed E-state index contributed by atoms with van der Waals surface area (Å²) in [5, 5.41) is 0. The second kappa shape index (κ2) is 4.28. The van der Waals surface area contributed by atoms with Crippen LogP contribution in [0.15, 0.2) is 18.2 Å². The molecule has 13 heavy (non-hydrogen) atoms. The summed E-state index contributed by atoms with van der Waals surface area (Å²) in [4.78, 5) is 0. The average Bonchev–Trinajstić information content (AvgIpc) is 2.03. The number of hydrogen-bond acceptors (Lipinski definition) is 2. The first kappa shape index (κ1) is 10.1. The molecule has 0 aliphatic rings. The van der Waals surface area contributed by atoms with Gasteiger partial charge in [0.1, 0.15) is 5.75 Å². The Morgan fingerprint density at radius 2 is 2.15 bits per heavy atom. The summed E-state index contributed by atoms with van der Waals surface area (Å²) in [6.45, 7) is 4.05. The summed E-state index contributed by atoms with van der Waals surface area (Å²) < 4.78 is 5.32. The smallest absolute Gasteiger partial charge is 0.125 e. The highest BCUT2D eigenvalue weighted by atomic mass is 16.5. The van der Waals surface area contributed by atoms with Crippen molar-refractivity contribution in [3.63, 3.8) is 0 Å². The van der Waals surface area contributed by atoms with Gasteiger partial charge in [-0.25, -0.2) is 0 Å². The van der Waals surface area contributed by atoms with Crippen molar-refractivity contribution in [2.45, 2.75) is 26.3 Å². The number of benzene rings is 1. The molecule has 2 heteroatoms. The van der Waals surface area contributed by atoms with E-state index >= 15 is 0 Å². The van der Waals surface area contributed by atoms with Crippen molar-refractivity contribution in [2.24, 2.45) is 5.73 Å². The van der Waals surface area contributed by atoms with Gasteiger partial charge in [-0.1, -0.05) is 18.2 Å². The van der Waals surface area contributed by atoms with Crippen LogP contribution in [-0.4, -0.2) is 13.2 Å². The standard InChI is InChI=1S/C11H17NO/c1-8-5-4-6-10(7-9(2)12)11(8)13-3/h4-6,9H,7,12H2,1-3H3/t9-/m0/s1. The molecule has 1 aromatic carbocycles. The topological polar surface area (TPSA) is 35.2 Å². The summed E-state index contributed by atoms with van der Waals surface area (Å²) in [5.74, 6) is 0.972. The lowest BCUT2D eigenvalue weighted by atomic mass is 10.0. The van der Waals surface area contributed by atoms with Crippen molar-refractivity contribution in [3.8, 4) is 5.75 Å². The molecule has 0 amide bonds. The Morgan fingerprint density at radius 3 is 2.69 bits per heavy atom. The van der Waals surface area contributed by atoms with Gasteiger partial charge in [-0.2, -0.15) is 0 Å². The first-order valence-corrected chi connectivity index (χ1v) is 4.53. The highest BCUT2D eigenvalue weighted by molar-refractivity contribution is 5.41. The first-order valence-electron chi connectivity index (χ1n) is 4.53. The third kappa shape index (κ3) is 2.46. The van der Waals surface area contributed by atoms with E-state index in [9.17, 15) is 0 Å². The minimum Gasteiger partial charge on any atom is -0.496 e. The minimum atomic E-state index is 0.177. The number of nitrogens with two attached hydrogens (primary N) is 1. The summed E-state index contributed by atoms with van der Waals surface area (Å²) >= 11 is 0. The third-order valence-electron chi connectivity index (χ3n) is 2.04. The zero-order chi connectivity index (χ0) is 9.84. The molecule has 0 aromatic heterocycles.